The van der Waals surface area contributed by atoms with Gasteiger partial charge in [-0.1, -0.05) is 0 Å². The zero-order valence-electron chi connectivity index (χ0n) is 8.53. The van der Waals surface area contributed by atoms with E-state index in [-0.39, 0.29) is 0 Å². The molecule has 1 aromatic heterocycles. The van der Waals surface area contributed by atoms with E-state index >= 15 is 0 Å². The zero-order chi connectivity index (χ0) is 10.8. The third-order valence-electron chi connectivity index (χ3n) is 2.34. The fraction of sp³-hybridized carbons (Fsp3) is 0.182. The highest BCUT2D eigenvalue weighted by atomic mass is 16.5. The highest BCUT2D eigenvalue weighted by molar-refractivity contribution is 6.00. The SMILES string of the molecule is COc1cc(OC)c2[nH]cc(C=O)c2c1. The molecule has 0 bridgehead atoms. The van der Waals surface area contributed by atoms with Crippen LogP contribution in [0.2, 0.25) is 0 Å². The van der Waals surface area contributed by atoms with Crippen LogP contribution in [0.1, 0.15) is 10.4 Å². The van der Waals surface area contributed by atoms with Crippen molar-refractivity contribution in [1.29, 1.82) is 0 Å². The minimum absolute atomic E-state index is 0.599. The Kier molecular flexibility index (Phi) is 2.33. The highest BCUT2D eigenvalue weighted by Crippen LogP contribution is 2.31. The van der Waals surface area contributed by atoms with E-state index in [0.717, 1.165) is 17.2 Å². The quantitative estimate of drug-likeness (QED) is 0.779. The van der Waals surface area contributed by atoms with Crippen LogP contribution in [0.25, 0.3) is 10.9 Å². The first-order chi connectivity index (χ1) is 7.30. The monoisotopic (exact) mass is 205 g/mol. The van der Waals surface area contributed by atoms with Gasteiger partial charge < -0.3 is 14.5 Å². The number of carbonyl (C=O) groups is 1. The Morgan fingerprint density at radius 1 is 1.27 bits per heavy atom. The van der Waals surface area contributed by atoms with Crippen molar-refractivity contribution >= 4 is 17.2 Å². The van der Waals surface area contributed by atoms with Crippen LogP contribution in [0.3, 0.4) is 0 Å². The number of aromatic amines is 1. The van der Waals surface area contributed by atoms with Gasteiger partial charge in [-0.25, -0.2) is 0 Å². The van der Waals surface area contributed by atoms with Crippen LogP contribution in [0, 0.1) is 0 Å². The number of fused-ring (bicyclic) bond motifs is 1. The summed E-state index contributed by atoms with van der Waals surface area (Å²) in [6.45, 7) is 0. The predicted molar refractivity (Wildman–Crippen MR) is 56.8 cm³/mol. The summed E-state index contributed by atoms with van der Waals surface area (Å²) in [6, 6.07) is 3.57. The number of carbonyl (C=O) groups excluding carboxylic acids is 1. The molecule has 2 rings (SSSR count). The van der Waals surface area contributed by atoms with E-state index in [1.807, 2.05) is 0 Å². The second-order valence-corrected chi connectivity index (χ2v) is 3.11. The molecule has 1 heterocycles. The van der Waals surface area contributed by atoms with Gasteiger partial charge in [-0.05, 0) is 6.07 Å². The van der Waals surface area contributed by atoms with Crippen molar-refractivity contribution in [1.82, 2.24) is 4.98 Å². The molecule has 4 heteroatoms. The average molecular weight is 205 g/mol. The molecule has 0 atom stereocenters. The predicted octanol–water partition coefficient (Wildman–Crippen LogP) is 2.00. The molecule has 0 amide bonds. The Morgan fingerprint density at radius 2 is 2.07 bits per heavy atom. The second-order valence-electron chi connectivity index (χ2n) is 3.11. The largest absolute Gasteiger partial charge is 0.497 e. The molecule has 1 N–H and O–H groups in total. The molecule has 0 unspecified atom stereocenters. The number of aldehydes is 1. The van der Waals surface area contributed by atoms with Crippen molar-refractivity contribution in [2.75, 3.05) is 14.2 Å². The van der Waals surface area contributed by atoms with E-state index in [2.05, 4.69) is 4.98 Å². The number of rotatable bonds is 3. The first-order valence-corrected chi connectivity index (χ1v) is 4.48. The van der Waals surface area contributed by atoms with Crippen LogP contribution in [0.4, 0.5) is 0 Å². The lowest BCUT2D eigenvalue weighted by atomic mass is 10.1. The van der Waals surface area contributed by atoms with Gasteiger partial charge in [0.25, 0.3) is 0 Å². The van der Waals surface area contributed by atoms with Gasteiger partial charge in [-0.15, -0.1) is 0 Å². The molecule has 0 fully saturated rings. The number of aromatic nitrogens is 1. The molecule has 0 spiro atoms. The van der Waals surface area contributed by atoms with Crippen LogP contribution in [-0.2, 0) is 0 Å². The molecule has 0 radical (unpaired) electrons. The number of ether oxygens (including phenoxy) is 2. The molecule has 0 saturated heterocycles. The van der Waals surface area contributed by atoms with Gasteiger partial charge in [-0.3, -0.25) is 4.79 Å². The van der Waals surface area contributed by atoms with Crippen molar-refractivity contribution in [2.45, 2.75) is 0 Å². The van der Waals surface area contributed by atoms with Crippen LogP contribution < -0.4 is 9.47 Å². The van der Waals surface area contributed by atoms with E-state index < -0.39 is 0 Å². The first-order valence-electron chi connectivity index (χ1n) is 4.48. The Morgan fingerprint density at radius 3 is 2.67 bits per heavy atom. The van der Waals surface area contributed by atoms with Gasteiger partial charge in [0.1, 0.15) is 11.5 Å². The molecule has 1 aromatic carbocycles. The summed E-state index contributed by atoms with van der Waals surface area (Å²) in [4.78, 5) is 13.8. The first kappa shape index (κ1) is 9.58. The van der Waals surface area contributed by atoms with Crippen molar-refractivity contribution in [2.24, 2.45) is 0 Å². The maximum Gasteiger partial charge on any atom is 0.152 e. The van der Waals surface area contributed by atoms with Crippen LogP contribution >= 0.6 is 0 Å². The van der Waals surface area contributed by atoms with Gasteiger partial charge in [0.15, 0.2) is 6.29 Å². The molecule has 0 aliphatic rings. The number of hydrogen-bond acceptors (Lipinski definition) is 3. The molecule has 0 aliphatic carbocycles. The van der Waals surface area contributed by atoms with Crippen molar-refractivity contribution in [3.63, 3.8) is 0 Å². The summed E-state index contributed by atoms with van der Waals surface area (Å²) < 4.78 is 10.3. The Bertz CT molecular complexity index is 502. The number of hydrogen-bond donors (Lipinski definition) is 1. The van der Waals surface area contributed by atoms with Crippen molar-refractivity contribution in [3.8, 4) is 11.5 Å². The van der Waals surface area contributed by atoms with Crippen molar-refractivity contribution < 1.29 is 14.3 Å². The second kappa shape index (κ2) is 3.65. The number of H-pyrrole nitrogens is 1. The number of benzene rings is 1. The molecule has 4 nitrogen and oxygen atoms in total. The minimum atomic E-state index is 0.599. The molecular weight excluding hydrogens is 194 g/mol. The smallest absolute Gasteiger partial charge is 0.152 e. The van der Waals surface area contributed by atoms with E-state index in [0.29, 0.717) is 17.1 Å². The van der Waals surface area contributed by atoms with Crippen molar-refractivity contribution in [3.05, 3.63) is 23.9 Å². The fourth-order valence-electron chi connectivity index (χ4n) is 1.57. The van der Waals surface area contributed by atoms with Gasteiger partial charge in [0.2, 0.25) is 0 Å². The molecular formula is C11H11NO3. The lowest BCUT2D eigenvalue weighted by Gasteiger charge is -2.05. The summed E-state index contributed by atoms with van der Waals surface area (Å²) in [5.74, 6) is 1.33. The Labute approximate surface area is 86.8 Å². The molecule has 78 valence electrons. The van der Waals surface area contributed by atoms with Crippen LogP contribution in [-0.4, -0.2) is 25.5 Å². The van der Waals surface area contributed by atoms with Crippen LogP contribution in [0.5, 0.6) is 11.5 Å². The van der Waals surface area contributed by atoms with Gasteiger partial charge in [0, 0.05) is 23.2 Å². The summed E-state index contributed by atoms with van der Waals surface area (Å²) >= 11 is 0. The van der Waals surface area contributed by atoms with Gasteiger partial charge in [-0.2, -0.15) is 0 Å². The van der Waals surface area contributed by atoms with E-state index in [4.69, 9.17) is 9.47 Å². The van der Waals surface area contributed by atoms with Crippen LogP contribution in [0.15, 0.2) is 18.3 Å². The lowest BCUT2D eigenvalue weighted by molar-refractivity contribution is 0.112. The highest BCUT2D eigenvalue weighted by Gasteiger charge is 2.09. The topological polar surface area (TPSA) is 51.3 Å². The normalized spacial score (nSPS) is 10.3. The Balaban J connectivity index is 2.77. The minimum Gasteiger partial charge on any atom is -0.497 e. The molecule has 0 aliphatic heterocycles. The maximum atomic E-state index is 10.8. The van der Waals surface area contributed by atoms with E-state index in [1.54, 1.807) is 32.5 Å². The summed E-state index contributed by atoms with van der Waals surface area (Å²) in [5.41, 5.74) is 1.41. The molecule has 0 saturated carbocycles. The zero-order valence-corrected chi connectivity index (χ0v) is 8.53. The third kappa shape index (κ3) is 1.44. The number of methoxy groups -OCH3 is 2. The summed E-state index contributed by atoms with van der Waals surface area (Å²) in [5, 5.41) is 0.807. The van der Waals surface area contributed by atoms with E-state index in [9.17, 15) is 4.79 Å². The fourth-order valence-corrected chi connectivity index (χ4v) is 1.57. The molecule has 15 heavy (non-hydrogen) atoms. The van der Waals surface area contributed by atoms with Gasteiger partial charge >= 0.3 is 0 Å². The third-order valence-corrected chi connectivity index (χ3v) is 2.34. The Hall–Kier alpha value is -1.97. The molecule has 2 aromatic rings. The average Bonchev–Trinajstić information content (AvgIpc) is 2.70. The standard InChI is InChI=1S/C11H11NO3/c1-14-8-3-9-7(6-13)5-12-11(9)10(4-8)15-2/h3-6,12H,1-2H3. The summed E-state index contributed by atoms with van der Waals surface area (Å²) in [6.07, 6.45) is 2.46. The maximum absolute atomic E-state index is 10.8. The summed E-state index contributed by atoms with van der Waals surface area (Å²) in [7, 11) is 3.16. The van der Waals surface area contributed by atoms with E-state index in [1.165, 1.54) is 0 Å². The van der Waals surface area contributed by atoms with Gasteiger partial charge in [0.05, 0.1) is 19.7 Å². The lowest BCUT2D eigenvalue weighted by Crippen LogP contribution is -1.88. The number of nitrogens with one attached hydrogen (secondary N) is 1.